The number of amides is 1. The van der Waals surface area contributed by atoms with E-state index >= 15 is 0 Å². The number of carbonyl (C=O) groups excluding carboxylic acids is 1. The van der Waals surface area contributed by atoms with Crippen molar-refractivity contribution in [3.05, 3.63) is 83.2 Å². The number of hydrogen-bond donors (Lipinski definition) is 2. The highest BCUT2D eigenvalue weighted by Crippen LogP contribution is 2.27. The largest absolute Gasteiger partial charge is 0.348 e. The molecule has 0 aliphatic rings. The Morgan fingerprint density at radius 1 is 0.929 bits per heavy atom. The van der Waals surface area contributed by atoms with E-state index in [2.05, 4.69) is 34.4 Å². The third kappa shape index (κ3) is 4.55. The summed E-state index contributed by atoms with van der Waals surface area (Å²) in [5.74, 6) is 0.600. The molecule has 1 amide bonds. The molecule has 1 unspecified atom stereocenters. The van der Waals surface area contributed by atoms with Gasteiger partial charge in [0.25, 0.3) is 5.91 Å². The molecule has 0 aliphatic heterocycles. The molecule has 1 atom stereocenters. The van der Waals surface area contributed by atoms with Crippen molar-refractivity contribution >= 4 is 17.5 Å². The molecular formula is C23H26N4O. The van der Waals surface area contributed by atoms with Gasteiger partial charge < -0.3 is 10.6 Å². The van der Waals surface area contributed by atoms with Crippen molar-refractivity contribution in [1.82, 2.24) is 9.97 Å². The van der Waals surface area contributed by atoms with Gasteiger partial charge in [-0.15, -0.1) is 0 Å². The van der Waals surface area contributed by atoms with Gasteiger partial charge >= 0.3 is 0 Å². The maximum absolute atomic E-state index is 12.7. The first-order valence-corrected chi connectivity index (χ1v) is 9.50. The van der Waals surface area contributed by atoms with Gasteiger partial charge in [0.05, 0.1) is 11.6 Å². The zero-order valence-corrected chi connectivity index (χ0v) is 16.7. The first-order valence-electron chi connectivity index (χ1n) is 9.50. The lowest BCUT2D eigenvalue weighted by atomic mass is 9.98. The van der Waals surface area contributed by atoms with Crippen LogP contribution in [0.4, 0.5) is 11.6 Å². The van der Waals surface area contributed by atoms with Crippen molar-refractivity contribution in [3.8, 4) is 0 Å². The minimum Gasteiger partial charge on any atom is -0.348 e. The quantitative estimate of drug-likeness (QED) is 0.612. The third-order valence-electron chi connectivity index (χ3n) is 4.72. The van der Waals surface area contributed by atoms with Gasteiger partial charge in [0.2, 0.25) is 5.95 Å². The van der Waals surface area contributed by atoms with Crippen LogP contribution in [0.5, 0.6) is 0 Å². The number of nitrogens with zero attached hydrogens (tertiary/aromatic N) is 2. The van der Waals surface area contributed by atoms with Crippen LogP contribution in [0.15, 0.2) is 60.9 Å². The van der Waals surface area contributed by atoms with Gasteiger partial charge in [-0.3, -0.25) is 4.79 Å². The molecule has 28 heavy (non-hydrogen) atoms. The second-order valence-corrected chi connectivity index (χ2v) is 7.22. The summed E-state index contributed by atoms with van der Waals surface area (Å²) in [7, 11) is 0. The van der Waals surface area contributed by atoms with Crippen molar-refractivity contribution in [2.75, 3.05) is 10.6 Å². The van der Waals surface area contributed by atoms with Gasteiger partial charge in [-0.2, -0.15) is 0 Å². The Bertz CT molecular complexity index is 937. The Balaban J connectivity index is 1.71. The summed E-state index contributed by atoms with van der Waals surface area (Å²) in [6, 6.07) is 16.2. The number of anilines is 2. The predicted octanol–water partition coefficient (Wildman–Crippen LogP) is 5.33. The van der Waals surface area contributed by atoms with Gasteiger partial charge in [-0.25, -0.2) is 9.97 Å². The van der Waals surface area contributed by atoms with Gasteiger partial charge in [0, 0.05) is 18.1 Å². The fraction of sp³-hybridized carbons (Fsp3) is 0.261. The lowest BCUT2D eigenvalue weighted by Gasteiger charge is -2.16. The monoisotopic (exact) mass is 374 g/mol. The molecule has 3 rings (SSSR count). The Hall–Kier alpha value is -3.21. The van der Waals surface area contributed by atoms with Crippen LogP contribution in [0.3, 0.4) is 0 Å². The van der Waals surface area contributed by atoms with Crippen molar-refractivity contribution in [3.63, 3.8) is 0 Å². The zero-order chi connectivity index (χ0) is 20.1. The summed E-state index contributed by atoms with van der Waals surface area (Å²) >= 11 is 0. The van der Waals surface area contributed by atoms with Crippen LogP contribution in [-0.2, 0) is 0 Å². The smallest absolute Gasteiger partial charge is 0.258 e. The lowest BCUT2D eigenvalue weighted by Crippen LogP contribution is -2.16. The molecular weight excluding hydrogens is 348 g/mol. The average Bonchev–Trinajstić information content (AvgIpc) is 2.70. The Labute approximate surface area is 166 Å². The van der Waals surface area contributed by atoms with Gasteiger partial charge in [-0.1, -0.05) is 62.4 Å². The lowest BCUT2D eigenvalue weighted by molar-refractivity contribution is 0.102. The highest BCUT2D eigenvalue weighted by molar-refractivity contribution is 6.04. The van der Waals surface area contributed by atoms with E-state index in [4.69, 9.17) is 0 Å². The Morgan fingerprint density at radius 3 is 2.25 bits per heavy atom. The predicted molar refractivity (Wildman–Crippen MR) is 114 cm³/mol. The summed E-state index contributed by atoms with van der Waals surface area (Å²) in [5.41, 5.74) is 4.59. The minimum absolute atomic E-state index is 0.0708. The molecule has 1 aromatic heterocycles. The number of benzene rings is 2. The second kappa shape index (κ2) is 8.65. The van der Waals surface area contributed by atoms with E-state index in [-0.39, 0.29) is 11.9 Å². The number of aromatic nitrogens is 2. The van der Waals surface area contributed by atoms with Crippen LogP contribution < -0.4 is 10.6 Å². The van der Waals surface area contributed by atoms with Crippen LogP contribution >= 0.6 is 0 Å². The Kier molecular flexibility index (Phi) is 6.04. The minimum atomic E-state index is -0.209. The molecule has 5 heteroatoms. The number of aryl methyl sites for hydroxylation is 1. The summed E-state index contributed by atoms with van der Waals surface area (Å²) in [5, 5.41) is 6.28. The zero-order valence-electron chi connectivity index (χ0n) is 16.7. The summed E-state index contributed by atoms with van der Waals surface area (Å²) in [6.45, 7) is 8.27. The van der Waals surface area contributed by atoms with Gasteiger partial charge in [0.1, 0.15) is 0 Å². The summed E-state index contributed by atoms with van der Waals surface area (Å²) in [6.07, 6.45) is 3.10. The van der Waals surface area contributed by atoms with E-state index in [1.54, 1.807) is 12.4 Å². The molecule has 3 aromatic rings. The van der Waals surface area contributed by atoms with Crippen molar-refractivity contribution < 1.29 is 4.79 Å². The number of hydrogen-bond acceptors (Lipinski definition) is 4. The SMILES string of the molecule is Cc1cccc(C(C)C)c1NC(=O)c1cnc(NC(C)c2ccccc2)nc1. The number of para-hydroxylation sites is 1. The summed E-state index contributed by atoms with van der Waals surface area (Å²) < 4.78 is 0. The van der Waals surface area contributed by atoms with E-state index in [1.165, 1.54) is 0 Å². The first kappa shape index (κ1) is 19.5. The van der Waals surface area contributed by atoms with Gasteiger partial charge in [0.15, 0.2) is 0 Å². The maximum Gasteiger partial charge on any atom is 0.258 e. The highest BCUT2D eigenvalue weighted by Gasteiger charge is 2.14. The standard InChI is InChI=1S/C23H26N4O/c1-15(2)20-12-8-9-16(3)21(20)27-22(28)19-13-24-23(25-14-19)26-17(4)18-10-6-5-7-11-18/h5-15,17H,1-4H3,(H,27,28)(H,24,25,26). The van der Waals surface area contributed by atoms with E-state index in [0.717, 1.165) is 22.4 Å². The summed E-state index contributed by atoms with van der Waals surface area (Å²) in [4.78, 5) is 21.3. The molecule has 144 valence electrons. The van der Waals surface area contributed by atoms with Crippen molar-refractivity contribution in [2.24, 2.45) is 0 Å². The van der Waals surface area contributed by atoms with E-state index in [0.29, 0.717) is 17.4 Å². The molecule has 0 saturated heterocycles. The molecule has 1 heterocycles. The normalized spacial score (nSPS) is 11.9. The fourth-order valence-corrected chi connectivity index (χ4v) is 3.07. The highest BCUT2D eigenvalue weighted by atomic mass is 16.1. The average molecular weight is 374 g/mol. The molecule has 0 fully saturated rings. The van der Waals surface area contributed by atoms with E-state index < -0.39 is 0 Å². The van der Waals surface area contributed by atoms with E-state index in [1.807, 2.05) is 62.4 Å². The van der Waals surface area contributed by atoms with Crippen molar-refractivity contribution in [2.45, 2.75) is 39.7 Å². The van der Waals surface area contributed by atoms with Crippen LogP contribution in [-0.4, -0.2) is 15.9 Å². The van der Waals surface area contributed by atoms with Crippen LogP contribution in [0.1, 0.15) is 59.8 Å². The molecule has 0 saturated carbocycles. The molecule has 2 N–H and O–H groups in total. The molecule has 0 radical (unpaired) electrons. The molecule has 2 aromatic carbocycles. The van der Waals surface area contributed by atoms with Crippen molar-refractivity contribution in [1.29, 1.82) is 0 Å². The number of rotatable bonds is 6. The fourth-order valence-electron chi connectivity index (χ4n) is 3.07. The molecule has 0 bridgehead atoms. The van der Waals surface area contributed by atoms with Gasteiger partial charge in [-0.05, 0) is 36.5 Å². The third-order valence-corrected chi connectivity index (χ3v) is 4.72. The van der Waals surface area contributed by atoms with Crippen LogP contribution in [0.25, 0.3) is 0 Å². The van der Waals surface area contributed by atoms with Crippen LogP contribution in [0, 0.1) is 6.92 Å². The number of carbonyl (C=O) groups is 1. The van der Waals surface area contributed by atoms with Crippen LogP contribution in [0.2, 0.25) is 0 Å². The molecule has 0 aliphatic carbocycles. The maximum atomic E-state index is 12.7. The Morgan fingerprint density at radius 2 is 1.61 bits per heavy atom. The van der Waals surface area contributed by atoms with E-state index in [9.17, 15) is 4.79 Å². The first-order chi connectivity index (χ1) is 13.5. The second-order valence-electron chi connectivity index (χ2n) is 7.22. The molecule has 0 spiro atoms. The number of nitrogens with one attached hydrogen (secondary N) is 2. The molecule has 5 nitrogen and oxygen atoms in total. The topological polar surface area (TPSA) is 66.9 Å².